The first-order valence-electron chi connectivity index (χ1n) is 4.97. The van der Waals surface area contributed by atoms with Gasteiger partial charge >= 0.3 is 0 Å². The van der Waals surface area contributed by atoms with Crippen LogP contribution in [-0.2, 0) is 13.6 Å². The van der Waals surface area contributed by atoms with Gasteiger partial charge in [0.25, 0.3) is 0 Å². The zero-order chi connectivity index (χ0) is 12.3. The molecule has 7 heteroatoms. The number of nitrogens with zero attached hydrogens (tertiary/aromatic N) is 4. The molecule has 2 heterocycles. The van der Waals surface area contributed by atoms with Gasteiger partial charge in [-0.15, -0.1) is 0 Å². The molecule has 0 atom stereocenters. The van der Waals surface area contributed by atoms with Crippen LogP contribution in [-0.4, -0.2) is 26.0 Å². The summed E-state index contributed by atoms with van der Waals surface area (Å²) < 4.78 is 1.76. The maximum absolute atomic E-state index is 5.89. The molecular formula is C10H12ClN5S. The highest BCUT2D eigenvalue weighted by molar-refractivity contribution is 7.98. The first-order valence-corrected chi connectivity index (χ1v) is 6.57. The highest BCUT2D eigenvalue weighted by Crippen LogP contribution is 2.17. The van der Waals surface area contributed by atoms with Crippen LogP contribution < -0.4 is 5.32 Å². The van der Waals surface area contributed by atoms with E-state index >= 15 is 0 Å². The number of rotatable bonds is 4. The summed E-state index contributed by atoms with van der Waals surface area (Å²) in [5.41, 5.74) is 1.09. The van der Waals surface area contributed by atoms with Crippen LogP contribution in [0.4, 0.5) is 5.82 Å². The second-order valence-corrected chi connectivity index (χ2v) is 4.60. The van der Waals surface area contributed by atoms with Crippen LogP contribution in [0.25, 0.3) is 0 Å². The van der Waals surface area contributed by atoms with E-state index in [2.05, 4.69) is 20.4 Å². The van der Waals surface area contributed by atoms with Gasteiger partial charge in [-0.2, -0.15) is 5.10 Å². The number of aromatic nitrogens is 4. The second-order valence-electron chi connectivity index (χ2n) is 3.44. The van der Waals surface area contributed by atoms with E-state index in [1.54, 1.807) is 10.7 Å². The van der Waals surface area contributed by atoms with Crippen molar-refractivity contribution in [1.29, 1.82) is 0 Å². The minimum atomic E-state index is 0.443. The van der Waals surface area contributed by atoms with Crippen LogP contribution >= 0.6 is 23.4 Å². The lowest BCUT2D eigenvalue weighted by atomic mass is 10.3. The van der Waals surface area contributed by atoms with Crippen molar-refractivity contribution in [2.24, 2.45) is 7.05 Å². The number of aryl methyl sites for hydroxylation is 1. The number of nitrogens with one attached hydrogen (secondary N) is 1. The van der Waals surface area contributed by atoms with Crippen molar-refractivity contribution in [2.75, 3.05) is 11.6 Å². The number of anilines is 1. The molecule has 0 radical (unpaired) electrons. The second kappa shape index (κ2) is 5.37. The Labute approximate surface area is 109 Å². The highest BCUT2D eigenvalue weighted by Gasteiger charge is 2.02. The van der Waals surface area contributed by atoms with E-state index in [9.17, 15) is 0 Å². The van der Waals surface area contributed by atoms with Gasteiger partial charge in [0.1, 0.15) is 11.0 Å². The van der Waals surface area contributed by atoms with E-state index in [-0.39, 0.29) is 0 Å². The molecule has 0 amide bonds. The van der Waals surface area contributed by atoms with Crippen molar-refractivity contribution >= 4 is 29.2 Å². The molecule has 2 aromatic heterocycles. The molecule has 2 rings (SSSR count). The van der Waals surface area contributed by atoms with Crippen LogP contribution in [0.15, 0.2) is 23.6 Å². The third-order valence-corrected chi connectivity index (χ3v) is 2.83. The molecule has 0 bridgehead atoms. The number of hydrogen-bond donors (Lipinski definition) is 1. The normalized spacial score (nSPS) is 10.5. The van der Waals surface area contributed by atoms with Crippen molar-refractivity contribution in [3.8, 4) is 0 Å². The number of hydrogen-bond acceptors (Lipinski definition) is 5. The first kappa shape index (κ1) is 12.2. The van der Waals surface area contributed by atoms with Gasteiger partial charge < -0.3 is 5.32 Å². The van der Waals surface area contributed by atoms with Gasteiger partial charge in [0, 0.05) is 31.4 Å². The van der Waals surface area contributed by atoms with Crippen LogP contribution in [0, 0.1) is 0 Å². The van der Waals surface area contributed by atoms with Gasteiger partial charge in [0.15, 0.2) is 5.16 Å². The molecule has 0 spiro atoms. The molecule has 2 aromatic rings. The smallest absolute Gasteiger partial charge is 0.190 e. The average molecular weight is 270 g/mol. The fourth-order valence-corrected chi connectivity index (χ4v) is 1.95. The molecule has 0 aliphatic rings. The molecule has 90 valence electrons. The van der Waals surface area contributed by atoms with Gasteiger partial charge in [0.05, 0.1) is 6.20 Å². The SMILES string of the molecule is CSc1nc(Cl)cc(NCc2cnn(C)c2)n1. The van der Waals surface area contributed by atoms with Crippen molar-refractivity contribution < 1.29 is 0 Å². The monoisotopic (exact) mass is 269 g/mol. The minimum absolute atomic E-state index is 0.443. The van der Waals surface area contributed by atoms with E-state index in [0.717, 1.165) is 11.4 Å². The fraction of sp³-hybridized carbons (Fsp3) is 0.300. The zero-order valence-electron chi connectivity index (χ0n) is 9.51. The Kier molecular flexibility index (Phi) is 3.86. The molecule has 17 heavy (non-hydrogen) atoms. The standard InChI is InChI=1S/C10H12ClN5S/c1-16-6-7(5-13-16)4-12-9-3-8(11)14-10(15-9)17-2/h3,5-6H,4H2,1-2H3,(H,12,14,15). The summed E-state index contributed by atoms with van der Waals surface area (Å²) in [6.45, 7) is 0.662. The van der Waals surface area contributed by atoms with Gasteiger partial charge in [0.2, 0.25) is 0 Å². The van der Waals surface area contributed by atoms with Crippen LogP contribution in [0.3, 0.4) is 0 Å². The lowest BCUT2D eigenvalue weighted by Crippen LogP contribution is -2.02. The van der Waals surface area contributed by atoms with Crippen molar-refractivity contribution in [1.82, 2.24) is 19.7 Å². The summed E-state index contributed by atoms with van der Waals surface area (Å²) in [6.07, 6.45) is 5.67. The molecule has 1 N–H and O–H groups in total. The molecule has 0 aliphatic carbocycles. The predicted octanol–water partition coefficient (Wildman–Crippen LogP) is 2.20. The van der Waals surface area contributed by atoms with Crippen LogP contribution in [0.5, 0.6) is 0 Å². The van der Waals surface area contributed by atoms with Gasteiger partial charge in [-0.05, 0) is 6.26 Å². The summed E-state index contributed by atoms with van der Waals surface area (Å²) in [5.74, 6) is 0.721. The average Bonchev–Trinajstić information content (AvgIpc) is 2.72. The van der Waals surface area contributed by atoms with Crippen LogP contribution in [0.2, 0.25) is 5.15 Å². The third-order valence-electron chi connectivity index (χ3n) is 2.09. The van der Waals surface area contributed by atoms with Crippen LogP contribution in [0.1, 0.15) is 5.56 Å². The number of thioether (sulfide) groups is 1. The van der Waals surface area contributed by atoms with E-state index in [0.29, 0.717) is 16.9 Å². The van der Waals surface area contributed by atoms with E-state index in [1.165, 1.54) is 11.8 Å². The van der Waals surface area contributed by atoms with Crippen molar-refractivity contribution in [3.05, 3.63) is 29.2 Å². The van der Waals surface area contributed by atoms with Crippen molar-refractivity contribution in [3.63, 3.8) is 0 Å². The molecule has 0 unspecified atom stereocenters. The van der Waals surface area contributed by atoms with Gasteiger partial charge in [-0.3, -0.25) is 4.68 Å². The highest BCUT2D eigenvalue weighted by atomic mass is 35.5. The fourth-order valence-electron chi connectivity index (χ4n) is 1.33. The van der Waals surface area contributed by atoms with E-state index < -0.39 is 0 Å². The summed E-state index contributed by atoms with van der Waals surface area (Å²) in [7, 11) is 1.89. The van der Waals surface area contributed by atoms with Crippen molar-refractivity contribution in [2.45, 2.75) is 11.7 Å². The Morgan fingerprint density at radius 1 is 1.47 bits per heavy atom. The minimum Gasteiger partial charge on any atom is -0.366 e. The Morgan fingerprint density at radius 3 is 2.94 bits per heavy atom. The molecule has 0 saturated heterocycles. The summed E-state index contributed by atoms with van der Waals surface area (Å²) in [4.78, 5) is 8.38. The molecule has 0 aliphatic heterocycles. The molecule has 5 nitrogen and oxygen atoms in total. The third kappa shape index (κ3) is 3.34. The largest absolute Gasteiger partial charge is 0.366 e. The first-order chi connectivity index (χ1) is 8.17. The summed E-state index contributed by atoms with van der Waals surface area (Å²) >= 11 is 7.35. The summed E-state index contributed by atoms with van der Waals surface area (Å²) in [6, 6.07) is 1.71. The lowest BCUT2D eigenvalue weighted by molar-refractivity contribution is 0.767. The predicted molar refractivity (Wildman–Crippen MR) is 69.4 cm³/mol. The lowest BCUT2D eigenvalue weighted by Gasteiger charge is -2.05. The quantitative estimate of drug-likeness (QED) is 0.524. The molecule has 0 aromatic carbocycles. The maximum Gasteiger partial charge on any atom is 0.190 e. The Hall–Kier alpha value is -1.27. The maximum atomic E-state index is 5.89. The van der Waals surface area contributed by atoms with E-state index in [4.69, 9.17) is 11.6 Å². The number of halogens is 1. The topological polar surface area (TPSA) is 55.6 Å². The molecule has 0 fully saturated rings. The van der Waals surface area contributed by atoms with Gasteiger partial charge in [-0.1, -0.05) is 23.4 Å². The zero-order valence-corrected chi connectivity index (χ0v) is 11.1. The Morgan fingerprint density at radius 2 is 2.29 bits per heavy atom. The molecule has 0 saturated carbocycles. The van der Waals surface area contributed by atoms with Gasteiger partial charge in [-0.25, -0.2) is 9.97 Å². The Balaban J connectivity index is 2.05. The molecular weight excluding hydrogens is 258 g/mol. The summed E-state index contributed by atoms with van der Waals surface area (Å²) in [5, 5.41) is 8.38. The Bertz CT molecular complexity index is 513. The van der Waals surface area contributed by atoms with E-state index in [1.807, 2.05) is 25.7 Å².